The summed E-state index contributed by atoms with van der Waals surface area (Å²) >= 11 is 1.37. The highest BCUT2D eigenvalue weighted by molar-refractivity contribution is 7.89. The van der Waals surface area contributed by atoms with E-state index in [2.05, 4.69) is 29.1 Å². The summed E-state index contributed by atoms with van der Waals surface area (Å²) in [6.07, 6.45) is 1.71. The zero-order valence-electron chi connectivity index (χ0n) is 24.4. The Bertz CT molecular complexity index is 1540. The predicted octanol–water partition coefficient (Wildman–Crippen LogP) is 4.69. The van der Waals surface area contributed by atoms with Crippen molar-refractivity contribution in [1.29, 1.82) is 0 Å². The van der Waals surface area contributed by atoms with Crippen LogP contribution in [-0.2, 0) is 34.3 Å². The number of hydrogen-bond donors (Lipinski definition) is 2. The third-order valence-corrected chi connectivity index (χ3v) is 9.23. The number of hydrogen-bond acceptors (Lipinski definition) is 8. The van der Waals surface area contributed by atoms with Crippen LogP contribution < -0.4 is 5.32 Å². The van der Waals surface area contributed by atoms with Crippen molar-refractivity contribution in [1.82, 2.24) is 24.2 Å². The van der Waals surface area contributed by atoms with Crippen molar-refractivity contribution in [2.45, 2.75) is 64.3 Å². The molecule has 2 heterocycles. The lowest BCUT2D eigenvalue weighted by atomic mass is 10.0. The maximum absolute atomic E-state index is 14.0. The highest BCUT2D eigenvalue weighted by Gasteiger charge is 2.32. The molecule has 226 valence electrons. The molecule has 2 aromatic heterocycles. The number of aliphatic hydroxyl groups is 1. The Labute approximate surface area is 251 Å². The van der Waals surface area contributed by atoms with Crippen molar-refractivity contribution >= 4 is 38.5 Å². The van der Waals surface area contributed by atoms with Gasteiger partial charge in [0.2, 0.25) is 10.0 Å². The van der Waals surface area contributed by atoms with Gasteiger partial charge >= 0.3 is 6.09 Å². The minimum atomic E-state index is -4.00. The maximum Gasteiger partial charge on any atom is 0.407 e. The van der Waals surface area contributed by atoms with Crippen LogP contribution in [0.25, 0.3) is 11.0 Å². The van der Waals surface area contributed by atoms with E-state index in [-0.39, 0.29) is 36.9 Å². The van der Waals surface area contributed by atoms with Crippen LogP contribution in [-0.4, -0.2) is 63.7 Å². The predicted molar refractivity (Wildman–Crippen MR) is 164 cm³/mol. The highest BCUT2D eigenvalue weighted by Crippen LogP contribution is 2.24. The van der Waals surface area contributed by atoms with E-state index in [0.717, 1.165) is 16.0 Å². The van der Waals surface area contributed by atoms with E-state index in [1.807, 2.05) is 48.7 Å². The molecule has 10 nitrogen and oxygen atoms in total. The first-order valence-corrected chi connectivity index (χ1v) is 16.3. The summed E-state index contributed by atoms with van der Waals surface area (Å²) in [5.74, 6) is 0.352. The number of carbonyl (C=O) groups excluding carboxylic acids is 1. The third-order valence-electron chi connectivity index (χ3n) is 6.65. The Morgan fingerprint density at radius 1 is 1.10 bits per heavy atom. The van der Waals surface area contributed by atoms with Crippen LogP contribution in [0, 0.1) is 11.8 Å². The number of benzene rings is 2. The molecule has 2 atom stereocenters. The molecule has 0 saturated heterocycles. The van der Waals surface area contributed by atoms with Gasteiger partial charge in [0.25, 0.3) is 0 Å². The number of alkyl carbamates (subject to hydrolysis) is 1. The lowest BCUT2D eigenvalue weighted by molar-refractivity contribution is 0.0876. The van der Waals surface area contributed by atoms with Gasteiger partial charge in [0, 0.05) is 25.8 Å². The summed E-state index contributed by atoms with van der Waals surface area (Å²) in [5, 5.41) is 14.2. The number of ether oxygens (including phenoxy) is 1. The summed E-state index contributed by atoms with van der Waals surface area (Å²) < 4.78 is 36.6. The van der Waals surface area contributed by atoms with Crippen molar-refractivity contribution in [2.24, 2.45) is 11.8 Å². The summed E-state index contributed by atoms with van der Waals surface area (Å²) in [6, 6.07) is 13.5. The number of amides is 1. The van der Waals surface area contributed by atoms with Gasteiger partial charge in [-0.05, 0) is 42.0 Å². The number of aromatic nitrogens is 3. The molecule has 2 N–H and O–H groups in total. The van der Waals surface area contributed by atoms with Crippen molar-refractivity contribution in [3.63, 3.8) is 0 Å². The van der Waals surface area contributed by atoms with Gasteiger partial charge in [0.15, 0.2) is 0 Å². The summed E-state index contributed by atoms with van der Waals surface area (Å²) in [6.45, 7) is 8.76. The van der Waals surface area contributed by atoms with E-state index in [4.69, 9.17) is 4.74 Å². The molecule has 0 fully saturated rings. The van der Waals surface area contributed by atoms with Gasteiger partial charge in [-0.25, -0.2) is 18.2 Å². The smallest absolute Gasteiger partial charge is 0.407 e. The quantitative estimate of drug-likeness (QED) is 0.211. The van der Waals surface area contributed by atoms with Gasteiger partial charge in [-0.2, -0.15) is 4.31 Å². The Hall–Kier alpha value is -3.32. The molecule has 1 amide bonds. The lowest BCUT2D eigenvalue weighted by Crippen LogP contribution is -2.51. The number of imidazole rings is 1. The highest BCUT2D eigenvalue weighted by atomic mass is 32.2. The molecule has 4 aromatic rings. The molecule has 0 aliphatic heterocycles. The number of sulfonamides is 1. The number of fused-ring (bicyclic) bond motifs is 1. The van der Waals surface area contributed by atoms with E-state index in [9.17, 15) is 18.3 Å². The monoisotopic (exact) mass is 613 g/mol. The molecule has 0 bridgehead atoms. The largest absolute Gasteiger partial charge is 0.444 e. The zero-order chi connectivity index (χ0) is 30.3. The van der Waals surface area contributed by atoms with Crippen molar-refractivity contribution in [3.8, 4) is 0 Å². The minimum Gasteiger partial charge on any atom is -0.444 e. The zero-order valence-corrected chi connectivity index (χ0v) is 26.0. The Morgan fingerprint density at radius 2 is 1.86 bits per heavy atom. The van der Waals surface area contributed by atoms with Gasteiger partial charge in [0.1, 0.15) is 6.61 Å². The van der Waals surface area contributed by atoms with E-state index in [1.54, 1.807) is 36.2 Å². The maximum atomic E-state index is 14.0. The Kier molecular flexibility index (Phi) is 10.7. The number of aliphatic hydroxyl groups excluding tert-OH is 1. The van der Waals surface area contributed by atoms with Gasteiger partial charge in [0.05, 0.1) is 44.8 Å². The lowest BCUT2D eigenvalue weighted by Gasteiger charge is -2.30. The molecule has 12 heteroatoms. The minimum absolute atomic E-state index is 0.00734. The molecule has 0 unspecified atom stereocenters. The number of thiazole rings is 1. The molecule has 42 heavy (non-hydrogen) atoms. The van der Waals surface area contributed by atoms with Crippen LogP contribution in [0.5, 0.6) is 0 Å². The Balaban J connectivity index is 1.57. The molecule has 0 radical (unpaired) electrons. The molecular weight excluding hydrogens is 574 g/mol. The second-order valence-electron chi connectivity index (χ2n) is 11.2. The normalized spacial score (nSPS) is 13.6. The number of nitrogens with zero attached hydrogens (tertiary/aromatic N) is 4. The topological polar surface area (TPSA) is 127 Å². The second kappa shape index (κ2) is 14.2. The molecule has 2 aromatic carbocycles. The number of carbonyl (C=O) groups is 1. The van der Waals surface area contributed by atoms with Crippen LogP contribution in [0.3, 0.4) is 0 Å². The average molecular weight is 614 g/mol. The third kappa shape index (κ3) is 8.37. The summed E-state index contributed by atoms with van der Waals surface area (Å²) in [4.78, 5) is 22.0. The standard InChI is InChI=1S/C30H39N5O5S2/c1-21(2)15-34-19-32-26-11-10-25(13-28(26)34)42(38,39)35(16-22(3)4)17-29(36)27(12-23-8-6-5-7-9-23)33-30(37)40-18-24-14-31-20-41-24/h5-11,13-14,19-22,27,29,36H,12,15-18H2,1-4H3,(H,33,37)/t27-,29+/m0/s1. The van der Waals surface area contributed by atoms with Crippen molar-refractivity contribution in [2.75, 3.05) is 13.1 Å². The van der Waals surface area contributed by atoms with Gasteiger partial charge in [-0.15, -0.1) is 11.3 Å². The SMILES string of the molecule is CC(C)CN(C[C@@H](O)[C@H](Cc1ccccc1)NC(=O)OCc1cncs1)S(=O)(=O)c1ccc2ncn(CC(C)C)c2c1. The summed E-state index contributed by atoms with van der Waals surface area (Å²) in [5.41, 5.74) is 3.99. The van der Waals surface area contributed by atoms with Crippen LogP contribution in [0.2, 0.25) is 0 Å². The van der Waals surface area contributed by atoms with Gasteiger partial charge < -0.3 is 19.7 Å². The second-order valence-corrected chi connectivity index (χ2v) is 14.1. The van der Waals surface area contributed by atoms with Crippen LogP contribution >= 0.6 is 11.3 Å². The van der Waals surface area contributed by atoms with E-state index in [1.165, 1.54) is 15.6 Å². The van der Waals surface area contributed by atoms with Gasteiger partial charge in [-0.1, -0.05) is 58.0 Å². The fraction of sp³-hybridized carbons (Fsp3) is 0.433. The van der Waals surface area contributed by atoms with Crippen LogP contribution in [0.15, 0.2) is 71.5 Å². The molecule has 0 spiro atoms. The molecular formula is C30H39N5O5S2. The van der Waals surface area contributed by atoms with Crippen molar-refractivity contribution < 1.29 is 23.1 Å². The molecule has 4 rings (SSSR count). The van der Waals surface area contributed by atoms with E-state index >= 15 is 0 Å². The van der Waals surface area contributed by atoms with Gasteiger partial charge in [-0.3, -0.25) is 4.98 Å². The van der Waals surface area contributed by atoms with E-state index in [0.29, 0.717) is 18.0 Å². The Morgan fingerprint density at radius 3 is 2.52 bits per heavy atom. The first-order valence-electron chi connectivity index (χ1n) is 14.0. The van der Waals surface area contributed by atoms with Crippen molar-refractivity contribution in [3.05, 3.63) is 77.0 Å². The fourth-order valence-corrected chi connectivity index (χ4v) is 6.84. The van der Waals surface area contributed by atoms with Crippen LogP contribution in [0.4, 0.5) is 4.79 Å². The first-order chi connectivity index (χ1) is 20.0. The number of rotatable bonds is 14. The number of nitrogens with one attached hydrogen (secondary N) is 1. The fourth-order valence-electron chi connectivity index (χ4n) is 4.69. The first kappa shape index (κ1) is 31.6. The molecule has 0 saturated carbocycles. The average Bonchev–Trinajstić information content (AvgIpc) is 3.61. The van der Waals surface area contributed by atoms with E-state index < -0.39 is 28.3 Å². The molecule has 0 aliphatic carbocycles. The molecule has 0 aliphatic rings. The van der Waals surface area contributed by atoms with Crippen LogP contribution in [0.1, 0.15) is 38.1 Å². The summed E-state index contributed by atoms with van der Waals surface area (Å²) in [7, 11) is -4.00.